The first-order chi connectivity index (χ1) is 8.36. The topological polar surface area (TPSA) is 49.8 Å². The van der Waals surface area contributed by atoms with Crippen molar-refractivity contribution in [1.82, 2.24) is 9.97 Å². The van der Waals surface area contributed by atoms with E-state index in [1.54, 1.807) is 6.33 Å². The van der Waals surface area contributed by atoms with Crippen LogP contribution in [-0.2, 0) is 0 Å². The van der Waals surface area contributed by atoms with Crippen molar-refractivity contribution in [2.75, 3.05) is 23.7 Å². The van der Waals surface area contributed by atoms with Crippen LogP contribution in [0.1, 0.15) is 46.0 Å². The van der Waals surface area contributed by atoms with E-state index in [9.17, 15) is 0 Å². The van der Waals surface area contributed by atoms with Crippen molar-refractivity contribution in [3.8, 4) is 0 Å². The molecule has 0 saturated carbocycles. The lowest BCUT2D eigenvalue weighted by Gasteiger charge is -2.07. The van der Waals surface area contributed by atoms with Crippen molar-refractivity contribution in [1.29, 1.82) is 0 Å². The van der Waals surface area contributed by atoms with Gasteiger partial charge < -0.3 is 10.6 Å². The average molecular weight is 236 g/mol. The van der Waals surface area contributed by atoms with Crippen molar-refractivity contribution in [2.24, 2.45) is 0 Å². The van der Waals surface area contributed by atoms with Crippen molar-refractivity contribution < 1.29 is 0 Å². The summed E-state index contributed by atoms with van der Waals surface area (Å²) >= 11 is 0. The highest BCUT2D eigenvalue weighted by Gasteiger charge is 1.97. The van der Waals surface area contributed by atoms with Crippen LogP contribution in [0.25, 0.3) is 0 Å². The maximum atomic E-state index is 4.20. The first kappa shape index (κ1) is 13.7. The van der Waals surface area contributed by atoms with E-state index in [2.05, 4.69) is 34.4 Å². The molecule has 0 amide bonds. The minimum absolute atomic E-state index is 0.909. The molecule has 17 heavy (non-hydrogen) atoms. The Bertz CT molecular complexity index is 301. The van der Waals surface area contributed by atoms with E-state index in [4.69, 9.17) is 0 Å². The Morgan fingerprint density at radius 2 is 1.47 bits per heavy atom. The van der Waals surface area contributed by atoms with Crippen LogP contribution in [-0.4, -0.2) is 23.1 Å². The van der Waals surface area contributed by atoms with E-state index in [1.165, 1.54) is 32.1 Å². The molecule has 0 aliphatic carbocycles. The molecule has 0 aromatic carbocycles. The zero-order valence-electron chi connectivity index (χ0n) is 11.0. The Labute approximate surface area is 104 Å². The van der Waals surface area contributed by atoms with Gasteiger partial charge in [-0.3, -0.25) is 0 Å². The van der Waals surface area contributed by atoms with Crippen LogP contribution in [0.15, 0.2) is 12.4 Å². The Hall–Kier alpha value is -1.32. The molecule has 1 aromatic rings. The summed E-state index contributed by atoms with van der Waals surface area (Å²) in [6.45, 7) is 6.35. The third kappa shape index (κ3) is 6.09. The van der Waals surface area contributed by atoms with E-state index >= 15 is 0 Å². The Morgan fingerprint density at radius 3 is 2.06 bits per heavy atom. The summed E-state index contributed by atoms with van der Waals surface area (Å²) in [6.07, 6.45) is 7.67. The summed E-state index contributed by atoms with van der Waals surface area (Å²) in [5, 5.41) is 6.62. The lowest BCUT2D eigenvalue weighted by Crippen LogP contribution is -2.06. The van der Waals surface area contributed by atoms with Crippen molar-refractivity contribution >= 4 is 11.6 Å². The molecule has 0 radical (unpaired) electrons. The number of nitrogens with one attached hydrogen (secondary N) is 2. The molecule has 1 aromatic heterocycles. The second kappa shape index (κ2) is 8.79. The minimum Gasteiger partial charge on any atom is -0.370 e. The smallest absolute Gasteiger partial charge is 0.131 e. The average Bonchev–Trinajstić information content (AvgIpc) is 2.36. The van der Waals surface area contributed by atoms with Gasteiger partial charge in [-0.1, -0.05) is 33.1 Å². The summed E-state index contributed by atoms with van der Waals surface area (Å²) in [6, 6.07) is 1.97. The number of hydrogen-bond acceptors (Lipinski definition) is 4. The van der Waals surface area contributed by atoms with Gasteiger partial charge in [-0.15, -0.1) is 0 Å². The summed E-state index contributed by atoms with van der Waals surface area (Å²) in [7, 11) is 0. The predicted molar refractivity (Wildman–Crippen MR) is 73.4 cm³/mol. The molecule has 4 nitrogen and oxygen atoms in total. The summed E-state index contributed by atoms with van der Waals surface area (Å²) < 4.78 is 0. The maximum absolute atomic E-state index is 4.20. The highest BCUT2D eigenvalue weighted by atomic mass is 15.1. The molecule has 96 valence electrons. The van der Waals surface area contributed by atoms with Gasteiger partial charge in [0, 0.05) is 19.2 Å². The van der Waals surface area contributed by atoms with Gasteiger partial charge in [0.25, 0.3) is 0 Å². The van der Waals surface area contributed by atoms with Crippen LogP contribution in [0.4, 0.5) is 11.6 Å². The van der Waals surface area contributed by atoms with Crippen molar-refractivity contribution in [2.45, 2.75) is 46.0 Å². The maximum Gasteiger partial charge on any atom is 0.131 e. The SMILES string of the molecule is CCCCCNc1cc(NCCCC)ncn1. The normalized spacial score (nSPS) is 10.2. The van der Waals surface area contributed by atoms with Crippen LogP contribution in [0.3, 0.4) is 0 Å². The second-order valence-electron chi connectivity index (χ2n) is 4.20. The van der Waals surface area contributed by atoms with Gasteiger partial charge in [-0.25, -0.2) is 9.97 Å². The molecular weight excluding hydrogens is 212 g/mol. The molecular formula is C13H24N4. The van der Waals surface area contributed by atoms with Gasteiger partial charge in [-0.05, 0) is 12.8 Å². The number of aromatic nitrogens is 2. The fourth-order valence-corrected chi connectivity index (χ4v) is 1.54. The second-order valence-corrected chi connectivity index (χ2v) is 4.20. The summed E-state index contributed by atoms with van der Waals surface area (Å²) in [4.78, 5) is 8.40. The van der Waals surface area contributed by atoms with E-state index in [0.717, 1.165) is 24.7 Å². The van der Waals surface area contributed by atoms with Gasteiger partial charge in [-0.2, -0.15) is 0 Å². The molecule has 0 spiro atoms. The first-order valence-electron chi connectivity index (χ1n) is 6.66. The van der Waals surface area contributed by atoms with E-state index < -0.39 is 0 Å². The van der Waals surface area contributed by atoms with Crippen LogP contribution in [0.5, 0.6) is 0 Å². The zero-order valence-corrected chi connectivity index (χ0v) is 11.0. The molecule has 0 unspecified atom stereocenters. The molecule has 0 saturated heterocycles. The lowest BCUT2D eigenvalue weighted by atomic mass is 10.2. The molecule has 0 atom stereocenters. The Morgan fingerprint density at radius 1 is 0.882 bits per heavy atom. The van der Waals surface area contributed by atoms with Crippen LogP contribution >= 0.6 is 0 Å². The molecule has 1 heterocycles. The number of unbranched alkanes of at least 4 members (excludes halogenated alkanes) is 3. The molecule has 1 rings (SSSR count). The largest absolute Gasteiger partial charge is 0.370 e. The fraction of sp³-hybridized carbons (Fsp3) is 0.692. The number of nitrogens with zero attached hydrogens (tertiary/aromatic N) is 2. The third-order valence-electron chi connectivity index (χ3n) is 2.59. The zero-order chi connectivity index (χ0) is 12.3. The standard InChI is InChI=1S/C13H24N4/c1-3-5-7-9-15-13-10-12(16-11-17-13)14-8-6-4-2/h10-11H,3-9H2,1-2H3,(H2,14,15,16,17). The molecule has 0 aliphatic rings. The van der Waals surface area contributed by atoms with E-state index in [0.29, 0.717) is 0 Å². The van der Waals surface area contributed by atoms with Gasteiger partial charge >= 0.3 is 0 Å². The van der Waals surface area contributed by atoms with Crippen LogP contribution < -0.4 is 10.6 Å². The monoisotopic (exact) mass is 236 g/mol. The molecule has 0 bridgehead atoms. The van der Waals surface area contributed by atoms with Gasteiger partial charge in [0.15, 0.2) is 0 Å². The van der Waals surface area contributed by atoms with Crippen molar-refractivity contribution in [3.63, 3.8) is 0 Å². The minimum atomic E-state index is 0.909. The summed E-state index contributed by atoms with van der Waals surface area (Å²) in [5.41, 5.74) is 0. The molecule has 4 heteroatoms. The predicted octanol–water partition coefficient (Wildman–Crippen LogP) is 3.29. The van der Waals surface area contributed by atoms with E-state index in [-0.39, 0.29) is 0 Å². The van der Waals surface area contributed by atoms with Crippen LogP contribution in [0, 0.1) is 0 Å². The number of hydrogen-bond donors (Lipinski definition) is 2. The van der Waals surface area contributed by atoms with Crippen molar-refractivity contribution in [3.05, 3.63) is 12.4 Å². The fourth-order valence-electron chi connectivity index (χ4n) is 1.54. The summed E-state index contributed by atoms with van der Waals surface area (Å²) in [5.74, 6) is 1.82. The molecule has 0 fully saturated rings. The number of anilines is 2. The quantitative estimate of drug-likeness (QED) is 0.646. The highest BCUT2D eigenvalue weighted by Crippen LogP contribution is 2.09. The molecule has 0 aliphatic heterocycles. The highest BCUT2D eigenvalue weighted by molar-refractivity contribution is 5.46. The number of rotatable bonds is 9. The lowest BCUT2D eigenvalue weighted by molar-refractivity contribution is 0.742. The third-order valence-corrected chi connectivity index (χ3v) is 2.59. The van der Waals surface area contributed by atoms with Crippen LogP contribution in [0.2, 0.25) is 0 Å². The first-order valence-corrected chi connectivity index (χ1v) is 6.66. The van der Waals surface area contributed by atoms with Gasteiger partial charge in [0.05, 0.1) is 0 Å². The Balaban J connectivity index is 2.31. The molecule has 2 N–H and O–H groups in total. The Kier molecular flexibility index (Phi) is 7.11. The van der Waals surface area contributed by atoms with Gasteiger partial charge in [0.1, 0.15) is 18.0 Å². The van der Waals surface area contributed by atoms with E-state index in [1.807, 2.05) is 6.07 Å². The van der Waals surface area contributed by atoms with Gasteiger partial charge in [0.2, 0.25) is 0 Å².